The van der Waals surface area contributed by atoms with Gasteiger partial charge in [-0.2, -0.15) is 0 Å². The van der Waals surface area contributed by atoms with Gasteiger partial charge in [0.1, 0.15) is 5.69 Å². The van der Waals surface area contributed by atoms with Crippen molar-refractivity contribution in [1.82, 2.24) is 15.0 Å². The van der Waals surface area contributed by atoms with Gasteiger partial charge in [-0.25, -0.2) is 10.8 Å². The second kappa shape index (κ2) is 2.60. The van der Waals surface area contributed by atoms with E-state index in [1.807, 2.05) is 9.99 Å². The summed E-state index contributed by atoms with van der Waals surface area (Å²) >= 11 is 0. The number of nitrogen functional groups attached to an aromatic ring is 1. The van der Waals surface area contributed by atoms with Crippen molar-refractivity contribution in [3.63, 3.8) is 0 Å². The molecule has 12 heavy (non-hydrogen) atoms. The summed E-state index contributed by atoms with van der Waals surface area (Å²) in [6, 6.07) is 0.553. The lowest BCUT2D eigenvalue weighted by atomic mass is 10.4. The number of amides is 1. The largest absolute Gasteiger partial charge is 0.334 e. The first-order valence-corrected chi connectivity index (χ1v) is 3.85. The second-order valence-corrected chi connectivity index (χ2v) is 2.91. The molecule has 0 atom stereocenters. The van der Waals surface area contributed by atoms with Crippen LogP contribution in [0.25, 0.3) is 0 Å². The van der Waals surface area contributed by atoms with Crippen LogP contribution < -0.4 is 11.3 Å². The molecule has 1 amide bonds. The summed E-state index contributed by atoms with van der Waals surface area (Å²) in [5.74, 6) is 4.62. The average Bonchev–Trinajstić information content (AvgIpc) is 2.83. The van der Waals surface area contributed by atoms with Crippen molar-refractivity contribution in [3.8, 4) is 0 Å². The van der Waals surface area contributed by atoms with Crippen LogP contribution in [0.15, 0.2) is 12.5 Å². The maximum absolute atomic E-state index is 11.0. The average molecular weight is 166 g/mol. The first-order valence-electron chi connectivity index (χ1n) is 3.85. The fourth-order valence-corrected chi connectivity index (χ4v) is 1.10. The summed E-state index contributed by atoms with van der Waals surface area (Å²) in [5, 5.41) is 0. The lowest BCUT2D eigenvalue weighted by Gasteiger charge is -1.94. The number of nitrogens with one attached hydrogen (secondary N) is 1. The van der Waals surface area contributed by atoms with Gasteiger partial charge < -0.3 is 4.57 Å². The highest BCUT2D eigenvalue weighted by atomic mass is 16.2. The van der Waals surface area contributed by atoms with Crippen molar-refractivity contribution in [3.05, 3.63) is 18.2 Å². The molecular weight excluding hydrogens is 156 g/mol. The van der Waals surface area contributed by atoms with Gasteiger partial charge in [-0.05, 0) is 12.8 Å². The van der Waals surface area contributed by atoms with E-state index in [9.17, 15) is 4.79 Å². The number of aromatic nitrogens is 2. The van der Waals surface area contributed by atoms with Crippen LogP contribution >= 0.6 is 0 Å². The molecule has 5 nitrogen and oxygen atoms in total. The molecule has 3 N–H and O–H groups in total. The number of hydrogen-bond donors (Lipinski definition) is 2. The van der Waals surface area contributed by atoms with Gasteiger partial charge >= 0.3 is 0 Å². The quantitative estimate of drug-likeness (QED) is 0.363. The molecule has 1 aliphatic carbocycles. The van der Waals surface area contributed by atoms with E-state index in [4.69, 9.17) is 5.84 Å². The van der Waals surface area contributed by atoms with Gasteiger partial charge in [0.2, 0.25) is 0 Å². The molecular formula is C7H10N4O. The molecule has 0 unspecified atom stereocenters. The van der Waals surface area contributed by atoms with Crippen LogP contribution in [-0.4, -0.2) is 15.5 Å². The van der Waals surface area contributed by atoms with Crippen molar-refractivity contribution in [2.24, 2.45) is 5.84 Å². The summed E-state index contributed by atoms with van der Waals surface area (Å²) < 4.78 is 1.95. The van der Waals surface area contributed by atoms with Crippen molar-refractivity contribution >= 4 is 5.91 Å². The van der Waals surface area contributed by atoms with Crippen LogP contribution in [0.4, 0.5) is 0 Å². The molecule has 1 fully saturated rings. The zero-order chi connectivity index (χ0) is 8.55. The van der Waals surface area contributed by atoms with Gasteiger partial charge in [0, 0.05) is 12.2 Å². The number of rotatable bonds is 2. The third-order valence-corrected chi connectivity index (χ3v) is 1.93. The van der Waals surface area contributed by atoms with Crippen LogP contribution in [0, 0.1) is 0 Å². The number of carbonyl (C=O) groups is 1. The van der Waals surface area contributed by atoms with E-state index in [0.29, 0.717) is 11.7 Å². The summed E-state index contributed by atoms with van der Waals surface area (Å²) in [7, 11) is 0. The van der Waals surface area contributed by atoms with E-state index in [0.717, 1.165) is 0 Å². The minimum atomic E-state index is -0.339. The Balaban J connectivity index is 2.17. The van der Waals surface area contributed by atoms with E-state index in [1.54, 1.807) is 12.5 Å². The highest BCUT2D eigenvalue weighted by Gasteiger charge is 2.24. The van der Waals surface area contributed by atoms with E-state index in [1.165, 1.54) is 12.8 Å². The summed E-state index contributed by atoms with van der Waals surface area (Å²) in [4.78, 5) is 14.9. The molecule has 0 aromatic carbocycles. The van der Waals surface area contributed by atoms with Gasteiger partial charge in [0.15, 0.2) is 0 Å². The Morgan fingerprint density at radius 1 is 1.75 bits per heavy atom. The van der Waals surface area contributed by atoms with Gasteiger partial charge in [0.25, 0.3) is 5.91 Å². The number of nitrogens with two attached hydrogens (primary N) is 1. The van der Waals surface area contributed by atoms with Crippen molar-refractivity contribution in [2.75, 3.05) is 0 Å². The fraction of sp³-hybridized carbons (Fsp3) is 0.429. The summed E-state index contributed by atoms with van der Waals surface area (Å²) in [6.07, 6.45) is 5.75. The standard InChI is InChI=1S/C7H10N4O/c8-10-7(12)6-3-11(4-9-6)5-1-2-5/h3-5H,1-2,8H2,(H,10,12). The molecule has 1 aromatic heterocycles. The Hall–Kier alpha value is -1.36. The van der Waals surface area contributed by atoms with E-state index < -0.39 is 0 Å². The third-order valence-electron chi connectivity index (χ3n) is 1.93. The van der Waals surface area contributed by atoms with E-state index >= 15 is 0 Å². The molecule has 0 saturated heterocycles. The molecule has 1 saturated carbocycles. The lowest BCUT2D eigenvalue weighted by molar-refractivity contribution is 0.0949. The first-order chi connectivity index (χ1) is 5.81. The van der Waals surface area contributed by atoms with Crippen LogP contribution in [-0.2, 0) is 0 Å². The molecule has 0 spiro atoms. The first kappa shape index (κ1) is 7.30. The normalized spacial score (nSPS) is 16.1. The molecule has 1 aromatic rings. The fourth-order valence-electron chi connectivity index (χ4n) is 1.10. The predicted octanol–water partition coefficient (Wildman–Crippen LogP) is -0.179. The van der Waals surface area contributed by atoms with Crippen LogP contribution in [0.2, 0.25) is 0 Å². The SMILES string of the molecule is NNC(=O)c1cn(C2CC2)cn1. The monoisotopic (exact) mass is 166 g/mol. The number of nitrogens with zero attached hydrogens (tertiary/aromatic N) is 2. The maximum Gasteiger partial charge on any atom is 0.285 e. The number of imidazole rings is 1. The van der Waals surface area contributed by atoms with E-state index in [2.05, 4.69) is 4.98 Å². The molecule has 0 radical (unpaired) electrons. The zero-order valence-electron chi connectivity index (χ0n) is 6.53. The van der Waals surface area contributed by atoms with Gasteiger partial charge in [-0.15, -0.1) is 0 Å². The summed E-state index contributed by atoms with van der Waals surface area (Å²) in [5.41, 5.74) is 2.42. The number of hydrazine groups is 1. The van der Waals surface area contributed by atoms with Crippen LogP contribution in [0.3, 0.4) is 0 Å². The van der Waals surface area contributed by atoms with Crippen LogP contribution in [0.1, 0.15) is 29.4 Å². The lowest BCUT2D eigenvalue weighted by Crippen LogP contribution is -2.30. The molecule has 64 valence electrons. The molecule has 0 aliphatic heterocycles. The van der Waals surface area contributed by atoms with Gasteiger partial charge in [-0.3, -0.25) is 10.2 Å². The Morgan fingerprint density at radius 2 is 2.50 bits per heavy atom. The Morgan fingerprint density at radius 3 is 3.08 bits per heavy atom. The molecule has 2 rings (SSSR count). The van der Waals surface area contributed by atoms with Crippen molar-refractivity contribution < 1.29 is 4.79 Å². The third kappa shape index (κ3) is 1.18. The van der Waals surface area contributed by atoms with Gasteiger partial charge in [-0.1, -0.05) is 0 Å². The number of hydrogen-bond acceptors (Lipinski definition) is 3. The molecule has 1 heterocycles. The maximum atomic E-state index is 11.0. The minimum Gasteiger partial charge on any atom is -0.334 e. The Labute approximate surface area is 69.5 Å². The smallest absolute Gasteiger partial charge is 0.285 e. The topological polar surface area (TPSA) is 72.9 Å². The van der Waals surface area contributed by atoms with Crippen molar-refractivity contribution in [1.29, 1.82) is 0 Å². The summed E-state index contributed by atoms with van der Waals surface area (Å²) in [6.45, 7) is 0. The van der Waals surface area contributed by atoms with Crippen LogP contribution in [0.5, 0.6) is 0 Å². The molecule has 5 heteroatoms. The second-order valence-electron chi connectivity index (χ2n) is 2.91. The Bertz CT molecular complexity index is 302. The Kier molecular flexibility index (Phi) is 1.58. The molecule has 1 aliphatic rings. The van der Waals surface area contributed by atoms with Gasteiger partial charge in [0.05, 0.1) is 6.33 Å². The van der Waals surface area contributed by atoms with E-state index in [-0.39, 0.29) is 5.91 Å². The highest BCUT2D eigenvalue weighted by molar-refractivity contribution is 5.91. The zero-order valence-corrected chi connectivity index (χ0v) is 6.53. The predicted molar refractivity (Wildman–Crippen MR) is 42.2 cm³/mol. The minimum absolute atomic E-state index is 0.339. The number of carbonyl (C=O) groups excluding carboxylic acids is 1. The highest BCUT2D eigenvalue weighted by Crippen LogP contribution is 2.34. The van der Waals surface area contributed by atoms with Crippen molar-refractivity contribution in [2.45, 2.75) is 18.9 Å². The molecule has 0 bridgehead atoms.